The molecule has 184 valence electrons. The standard InChI is InChI=1S/C29H42N4O/c1-28(2)12-13-29(3,4)23-17-20(8-9-22(23)28)25-18-21(32-19-24-26(34)10-15-30-24)11-16-33(25)27-7-5-6-14-31-27/h5-9,14,17,21,24-26,30,32,34H,10-13,15-16,18-19H2,1-4H3/t21?,24-,25?,26+/m1/s1. The van der Waals surface area contributed by atoms with Crippen molar-refractivity contribution in [3.05, 3.63) is 59.3 Å². The monoisotopic (exact) mass is 462 g/mol. The Morgan fingerprint density at radius 1 is 1.06 bits per heavy atom. The lowest BCUT2D eigenvalue weighted by atomic mass is 9.62. The van der Waals surface area contributed by atoms with E-state index in [0.29, 0.717) is 6.04 Å². The number of aliphatic hydroxyl groups excluding tert-OH is 1. The van der Waals surface area contributed by atoms with Gasteiger partial charge in [-0.25, -0.2) is 4.98 Å². The van der Waals surface area contributed by atoms with Crippen molar-refractivity contribution >= 4 is 5.82 Å². The number of rotatable bonds is 5. The number of aliphatic hydroxyl groups is 1. The second kappa shape index (κ2) is 9.25. The zero-order valence-corrected chi connectivity index (χ0v) is 21.3. The fraction of sp³-hybridized carbons (Fsp3) is 0.621. The van der Waals surface area contributed by atoms with Crippen molar-refractivity contribution in [2.75, 3.05) is 24.5 Å². The third-order valence-corrected chi connectivity index (χ3v) is 8.75. The Labute approximate surface area is 205 Å². The summed E-state index contributed by atoms with van der Waals surface area (Å²) in [4.78, 5) is 7.23. The van der Waals surface area contributed by atoms with E-state index in [1.807, 2.05) is 12.3 Å². The van der Waals surface area contributed by atoms with Crippen molar-refractivity contribution in [3.8, 4) is 0 Å². The van der Waals surface area contributed by atoms with E-state index >= 15 is 0 Å². The summed E-state index contributed by atoms with van der Waals surface area (Å²) in [5.74, 6) is 1.07. The lowest BCUT2D eigenvalue weighted by molar-refractivity contribution is 0.155. The topological polar surface area (TPSA) is 60.4 Å². The number of hydrogen-bond acceptors (Lipinski definition) is 5. The molecule has 4 atom stereocenters. The van der Waals surface area contributed by atoms with Crippen LogP contribution < -0.4 is 15.5 Å². The Bertz CT molecular complexity index is 989. The number of benzene rings is 1. The molecule has 0 radical (unpaired) electrons. The highest BCUT2D eigenvalue weighted by atomic mass is 16.3. The van der Waals surface area contributed by atoms with Gasteiger partial charge in [-0.3, -0.25) is 0 Å². The molecule has 3 N–H and O–H groups in total. The largest absolute Gasteiger partial charge is 0.391 e. The molecular formula is C29H42N4O. The van der Waals surface area contributed by atoms with Crippen LogP contribution in [0.4, 0.5) is 5.82 Å². The van der Waals surface area contributed by atoms with Crippen LogP contribution in [0, 0.1) is 0 Å². The summed E-state index contributed by atoms with van der Waals surface area (Å²) in [5, 5.41) is 17.5. The molecule has 2 aliphatic heterocycles. The van der Waals surface area contributed by atoms with Gasteiger partial charge in [-0.1, -0.05) is 52.0 Å². The zero-order valence-electron chi connectivity index (χ0n) is 21.3. The van der Waals surface area contributed by atoms with E-state index in [9.17, 15) is 5.11 Å². The molecule has 5 rings (SSSR count). The number of anilines is 1. The van der Waals surface area contributed by atoms with Gasteiger partial charge in [0.1, 0.15) is 5.82 Å². The average molecular weight is 463 g/mol. The number of piperidine rings is 1. The molecule has 0 amide bonds. The smallest absolute Gasteiger partial charge is 0.128 e. The van der Waals surface area contributed by atoms with Crippen molar-refractivity contribution in [2.45, 2.75) is 94.9 Å². The van der Waals surface area contributed by atoms with Gasteiger partial charge in [0.05, 0.1) is 12.1 Å². The van der Waals surface area contributed by atoms with Crippen LogP contribution in [-0.2, 0) is 10.8 Å². The van der Waals surface area contributed by atoms with Gasteiger partial charge in [0.25, 0.3) is 0 Å². The Balaban J connectivity index is 1.44. The number of aromatic nitrogens is 1. The summed E-state index contributed by atoms with van der Waals surface area (Å²) < 4.78 is 0. The number of nitrogens with one attached hydrogen (secondary N) is 2. The minimum atomic E-state index is -0.233. The van der Waals surface area contributed by atoms with Gasteiger partial charge < -0.3 is 20.6 Å². The van der Waals surface area contributed by atoms with Crippen LogP contribution >= 0.6 is 0 Å². The van der Waals surface area contributed by atoms with Gasteiger partial charge in [-0.05, 0) is 78.3 Å². The molecule has 0 spiro atoms. The third-order valence-electron chi connectivity index (χ3n) is 8.75. The molecular weight excluding hydrogens is 420 g/mol. The van der Waals surface area contributed by atoms with Gasteiger partial charge in [0, 0.05) is 31.4 Å². The first-order chi connectivity index (χ1) is 16.2. The average Bonchev–Trinajstić information content (AvgIpc) is 3.25. The fourth-order valence-electron chi connectivity index (χ4n) is 6.33. The van der Waals surface area contributed by atoms with Gasteiger partial charge >= 0.3 is 0 Å². The molecule has 5 heteroatoms. The van der Waals surface area contributed by atoms with E-state index < -0.39 is 0 Å². The quantitative estimate of drug-likeness (QED) is 0.613. The van der Waals surface area contributed by atoms with Crippen molar-refractivity contribution in [3.63, 3.8) is 0 Å². The van der Waals surface area contributed by atoms with E-state index in [1.165, 1.54) is 29.5 Å². The first-order valence-electron chi connectivity index (χ1n) is 13.2. The predicted octanol–water partition coefficient (Wildman–Crippen LogP) is 4.45. The van der Waals surface area contributed by atoms with Gasteiger partial charge in [-0.2, -0.15) is 0 Å². The van der Waals surface area contributed by atoms with Crippen molar-refractivity contribution < 1.29 is 5.11 Å². The van der Waals surface area contributed by atoms with Crippen LogP contribution in [-0.4, -0.2) is 47.9 Å². The van der Waals surface area contributed by atoms with Gasteiger partial charge in [-0.15, -0.1) is 0 Å². The van der Waals surface area contributed by atoms with Crippen LogP contribution in [0.1, 0.15) is 82.5 Å². The van der Waals surface area contributed by atoms with Gasteiger partial charge in [0.15, 0.2) is 0 Å². The molecule has 2 unspecified atom stereocenters. The van der Waals surface area contributed by atoms with E-state index in [2.05, 4.69) is 73.6 Å². The van der Waals surface area contributed by atoms with E-state index in [0.717, 1.165) is 44.7 Å². The maximum Gasteiger partial charge on any atom is 0.128 e. The Hall–Kier alpha value is -1.95. The summed E-state index contributed by atoms with van der Waals surface area (Å²) in [5.41, 5.74) is 4.88. The molecule has 2 aromatic rings. The summed E-state index contributed by atoms with van der Waals surface area (Å²) in [6.45, 7) is 12.3. The SMILES string of the molecule is CC1(C)CCC(C)(C)c2cc(C3CC(NC[C@H]4NCC[C@@H]4O)CCN3c3ccccn3)ccc21. The third kappa shape index (κ3) is 4.62. The summed E-state index contributed by atoms with van der Waals surface area (Å²) in [7, 11) is 0. The minimum Gasteiger partial charge on any atom is -0.391 e. The first kappa shape index (κ1) is 23.8. The van der Waals surface area contributed by atoms with Crippen LogP contribution in [0.3, 0.4) is 0 Å². The predicted molar refractivity (Wildman–Crippen MR) is 139 cm³/mol. The zero-order chi connectivity index (χ0) is 23.9. The lowest BCUT2D eigenvalue weighted by Gasteiger charge is -2.44. The number of hydrogen-bond donors (Lipinski definition) is 3. The van der Waals surface area contributed by atoms with Crippen LogP contribution in [0.15, 0.2) is 42.6 Å². The normalized spacial score (nSPS) is 30.2. The van der Waals surface area contributed by atoms with Gasteiger partial charge in [0.2, 0.25) is 0 Å². The van der Waals surface area contributed by atoms with Crippen LogP contribution in [0.25, 0.3) is 0 Å². The second-order valence-electron chi connectivity index (χ2n) is 12.0. The van der Waals surface area contributed by atoms with Crippen LogP contribution in [0.5, 0.6) is 0 Å². The van der Waals surface area contributed by atoms with Crippen LogP contribution in [0.2, 0.25) is 0 Å². The molecule has 1 aromatic heterocycles. The first-order valence-corrected chi connectivity index (χ1v) is 13.2. The number of nitrogens with zero attached hydrogens (tertiary/aromatic N) is 2. The second-order valence-corrected chi connectivity index (χ2v) is 12.0. The number of pyridine rings is 1. The van der Waals surface area contributed by atoms with Crippen molar-refractivity contribution in [1.29, 1.82) is 0 Å². The maximum atomic E-state index is 10.2. The summed E-state index contributed by atoms with van der Waals surface area (Å²) >= 11 is 0. The minimum absolute atomic E-state index is 0.166. The van der Waals surface area contributed by atoms with Crippen molar-refractivity contribution in [2.24, 2.45) is 0 Å². The Kier molecular flexibility index (Phi) is 6.47. The Morgan fingerprint density at radius 3 is 2.56 bits per heavy atom. The lowest BCUT2D eigenvalue weighted by Crippen LogP contribution is -2.49. The fourth-order valence-corrected chi connectivity index (χ4v) is 6.33. The molecule has 34 heavy (non-hydrogen) atoms. The molecule has 1 aromatic carbocycles. The highest BCUT2D eigenvalue weighted by Crippen LogP contribution is 2.47. The molecule has 3 heterocycles. The highest BCUT2D eigenvalue weighted by molar-refractivity contribution is 5.48. The molecule has 0 saturated carbocycles. The number of fused-ring (bicyclic) bond motifs is 1. The van der Waals surface area contributed by atoms with Crippen molar-refractivity contribution in [1.82, 2.24) is 15.6 Å². The molecule has 3 aliphatic rings. The maximum absolute atomic E-state index is 10.2. The molecule has 2 fully saturated rings. The van der Waals surface area contributed by atoms with E-state index in [4.69, 9.17) is 4.98 Å². The molecule has 2 saturated heterocycles. The molecule has 5 nitrogen and oxygen atoms in total. The van der Waals surface area contributed by atoms with E-state index in [1.54, 1.807) is 0 Å². The Morgan fingerprint density at radius 2 is 1.85 bits per heavy atom. The highest BCUT2D eigenvalue weighted by Gasteiger charge is 2.38. The molecule has 0 bridgehead atoms. The molecule has 1 aliphatic carbocycles. The summed E-state index contributed by atoms with van der Waals surface area (Å²) in [6, 6.07) is 14.4. The summed E-state index contributed by atoms with van der Waals surface area (Å²) in [6.07, 6.45) is 7.12. The van der Waals surface area contributed by atoms with E-state index in [-0.39, 0.29) is 29.0 Å².